The second kappa shape index (κ2) is 4.18. The van der Waals surface area contributed by atoms with Gasteiger partial charge in [0.05, 0.1) is 0 Å². The lowest BCUT2D eigenvalue weighted by Gasteiger charge is -2.20. The highest BCUT2D eigenvalue weighted by molar-refractivity contribution is 6.49. The van der Waals surface area contributed by atoms with Gasteiger partial charge in [0, 0.05) is 6.07 Å². The van der Waals surface area contributed by atoms with Gasteiger partial charge in [-0.25, -0.2) is 0 Å². The number of benzene rings is 1. The lowest BCUT2D eigenvalue weighted by Crippen LogP contribution is -2.14. The molecule has 77 valence electrons. The highest BCUT2D eigenvalue weighted by atomic mass is 28.3. The van der Waals surface area contributed by atoms with Gasteiger partial charge in [-0.3, -0.25) is 0 Å². The maximum atomic E-state index is 5.73. The van der Waals surface area contributed by atoms with E-state index in [4.69, 9.17) is 4.43 Å². The van der Waals surface area contributed by atoms with Crippen LogP contribution in [0.25, 0.3) is 0 Å². The van der Waals surface area contributed by atoms with Gasteiger partial charge >= 0.3 is 0 Å². The molecule has 1 aromatic rings. The Kier molecular flexibility index (Phi) is 3.37. The van der Waals surface area contributed by atoms with Crippen molar-refractivity contribution in [2.45, 2.75) is 39.3 Å². The molecule has 0 spiro atoms. The Morgan fingerprint density at radius 1 is 1.29 bits per heavy atom. The molecule has 1 nitrogen and oxygen atoms in total. The van der Waals surface area contributed by atoms with Crippen LogP contribution < -0.4 is 4.43 Å². The van der Waals surface area contributed by atoms with E-state index < -0.39 is 9.04 Å². The summed E-state index contributed by atoms with van der Waals surface area (Å²) in [5.41, 5.74) is 1.49. The smallest absolute Gasteiger partial charge is 0.229 e. The molecule has 0 aliphatic rings. The van der Waals surface area contributed by atoms with E-state index in [1.54, 1.807) is 0 Å². The first-order chi connectivity index (χ1) is 6.39. The van der Waals surface area contributed by atoms with Gasteiger partial charge in [-0.05, 0) is 30.1 Å². The second-order valence-corrected chi connectivity index (χ2v) is 7.19. The summed E-state index contributed by atoms with van der Waals surface area (Å²) in [6.07, 6.45) is 0. The van der Waals surface area contributed by atoms with Crippen molar-refractivity contribution < 1.29 is 4.43 Å². The first-order valence-electron chi connectivity index (χ1n) is 5.08. The van der Waals surface area contributed by atoms with E-state index >= 15 is 0 Å². The van der Waals surface area contributed by atoms with Gasteiger partial charge in [-0.15, -0.1) is 0 Å². The molecule has 1 radical (unpaired) electrons. The Balaban J connectivity index is 2.90. The van der Waals surface area contributed by atoms with Crippen LogP contribution in [0.2, 0.25) is 13.1 Å². The monoisotopic (exact) mass is 207 g/mol. The molecule has 0 N–H and O–H groups in total. The van der Waals surface area contributed by atoms with Crippen molar-refractivity contribution in [3.8, 4) is 5.75 Å². The molecule has 0 saturated heterocycles. The molecule has 0 amide bonds. The Labute approximate surface area is 88.8 Å². The maximum absolute atomic E-state index is 5.73. The van der Waals surface area contributed by atoms with Crippen molar-refractivity contribution in [2.75, 3.05) is 0 Å². The van der Waals surface area contributed by atoms with E-state index in [0.29, 0.717) is 0 Å². The van der Waals surface area contributed by atoms with Gasteiger partial charge in [0.1, 0.15) is 5.75 Å². The van der Waals surface area contributed by atoms with Crippen LogP contribution in [-0.4, -0.2) is 9.04 Å². The molecule has 0 aliphatic heterocycles. The topological polar surface area (TPSA) is 9.23 Å². The lowest BCUT2D eigenvalue weighted by molar-refractivity contribution is 0.559. The van der Waals surface area contributed by atoms with Crippen LogP contribution in [0.5, 0.6) is 5.75 Å². The fourth-order valence-electron chi connectivity index (χ4n) is 1.23. The van der Waals surface area contributed by atoms with Crippen LogP contribution in [0, 0.1) is 6.07 Å². The van der Waals surface area contributed by atoms with Gasteiger partial charge in [0.25, 0.3) is 0 Å². The largest absolute Gasteiger partial charge is 0.547 e. The van der Waals surface area contributed by atoms with Crippen molar-refractivity contribution in [1.29, 1.82) is 0 Å². The summed E-state index contributed by atoms with van der Waals surface area (Å²) in [5.74, 6) is 0.902. The Morgan fingerprint density at radius 3 is 2.43 bits per heavy atom. The third-order valence-corrected chi connectivity index (χ3v) is 2.73. The van der Waals surface area contributed by atoms with E-state index in [1.807, 2.05) is 6.07 Å². The zero-order chi connectivity index (χ0) is 10.8. The molecule has 0 bridgehead atoms. The zero-order valence-electron chi connectivity index (χ0n) is 9.72. The molecule has 0 heterocycles. The fourth-order valence-corrected chi connectivity index (χ4v) is 1.88. The molecular weight excluding hydrogens is 188 g/mol. The van der Waals surface area contributed by atoms with E-state index in [9.17, 15) is 0 Å². The first-order valence-corrected chi connectivity index (χ1v) is 7.86. The third-order valence-electron chi connectivity index (χ3n) is 2.00. The van der Waals surface area contributed by atoms with Crippen LogP contribution >= 0.6 is 0 Å². The van der Waals surface area contributed by atoms with Crippen LogP contribution in [0.1, 0.15) is 26.3 Å². The number of rotatable bonds is 2. The molecule has 14 heavy (non-hydrogen) atoms. The predicted molar refractivity (Wildman–Crippen MR) is 63.5 cm³/mol. The molecule has 0 atom stereocenters. The molecule has 2 heteroatoms. The highest BCUT2D eigenvalue weighted by Gasteiger charge is 2.14. The molecule has 0 fully saturated rings. The Bertz CT molecular complexity index is 299. The second-order valence-electron chi connectivity index (χ2n) is 4.86. The summed E-state index contributed by atoms with van der Waals surface area (Å²) in [7, 11) is -1.00. The molecule has 1 rings (SSSR count). The van der Waals surface area contributed by atoms with Crippen LogP contribution in [0.4, 0.5) is 0 Å². The zero-order valence-corrected chi connectivity index (χ0v) is 10.9. The average molecular weight is 207 g/mol. The summed E-state index contributed by atoms with van der Waals surface area (Å²) in [6, 6.07) is 9.29. The van der Waals surface area contributed by atoms with E-state index in [2.05, 4.69) is 52.1 Å². The van der Waals surface area contributed by atoms with Crippen molar-refractivity contribution in [1.82, 2.24) is 0 Å². The summed E-state index contributed by atoms with van der Waals surface area (Å²) >= 11 is 0. The maximum Gasteiger partial charge on any atom is 0.229 e. The summed E-state index contributed by atoms with van der Waals surface area (Å²) in [6.45, 7) is 11.0. The fraction of sp³-hybridized carbons (Fsp3) is 0.500. The minimum Gasteiger partial charge on any atom is -0.547 e. The van der Waals surface area contributed by atoms with E-state index in [-0.39, 0.29) is 5.41 Å². The molecule has 0 unspecified atom stereocenters. The minimum absolute atomic E-state index is 0.186. The van der Waals surface area contributed by atoms with Gasteiger partial charge in [-0.1, -0.05) is 32.9 Å². The van der Waals surface area contributed by atoms with Crippen LogP contribution in [-0.2, 0) is 5.41 Å². The molecule has 0 aromatic heterocycles. The van der Waals surface area contributed by atoms with Gasteiger partial charge in [0.15, 0.2) is 0 Å². The van der Waals surface area contributed by atoms with Crippen molar-refractivity contribution in [3.63, 3.8) is 0 Å². The normalized spacial score (nSPS) is 11.9. The Morgan fingerprint density at radius 2 is 1.93 bits per heavy atom. The van der Waals surface area contributed by atoms with Crippen molar-refractivity contribution >= 4 is 9.04 Å². The first kappa shape index (κ1) is 11.3. The van der Waals surface area contributed by atoms with Gasteiger partial charge in [-0.2, -0.15) is 0 Å². The summed E-state index contributed by atoms with van der Waals surface area (Å²) < 4.78 is 5.73. The quantitative estimate of drug-likeness (QED) is 0.677. The van der Waals surface area contributed by atoms with Gasteiger partial charge in [0.2, 0.25) is 9.04 Å². The molecular formula is C12H19OSi. The lowest BCUT2D eigenvalue weighted by atomic mass is 9.87. The summed E-state index contributed by atoms with van der Waals surface area (Å²) in [4.78, 5) is 0. The number of hydrogen-bond donors (Lipinski definition) is 0. The molecule has 0 aliphatic carbocycles. The standard InChI is InChI=1S/C12H19OSi/c1-12(2,3)10-7-6-8-11(9-10)13-14(4)5/h6-7,9,14H,1-5H3. The van der Waals surface area contributed by atoms with Crippen LogP contribution in [0.3, 0.4) is 0 Å². The third kappa shape index (κ3) is 3.18. The molecule has 0 saturated carbocycles. The predicted octanol–water partition coefficient (Wildman–Crippen LogP) is 3.15. The molecule has 1 aromatic carbocycles. The number of hydrogen-bond acceptors (Lipinski definition) is 1. The van der Waals surface area contributed by atoms with Crippen molar-refractivity contribution in [3.05, 3.63) is 29.8 Å². The SMILES string of the molecule is C[SiH](C)Oc1[c]ccc(C(C)(C)C)c1. The summed E-state index contributed by atoms with van der Waals surface area (Å²) in [5, 5.41) is 0. The Hall–Kier alpha value is -0.763. The minimum atomic E-state index is -1.00. The average Bonchev–Trinajstić information content (AvgIpc) is 2.01. The van der Waals surface area contributed by atoms with Crippen molar-refractivity contribution in [2.24, 2.45) is 0 Å². The van der Waals surface area contributed by atoms with E-state index in [1.165, 1.54) is 5.56 Å². The van der Waals surface area contributed by atoms with Gasteiger partial charge < -0.3 is 4.43 Å². The van der Waals surface area contributed by atoms with E-state index in [0.717, 1.165) is 5.75 Å². The highest BCUT2D eigenvalue weighted by Crippen LogP contribution is 2.25. The van der Waals surface area contributed by atoms with Crippen LogP contribution in [0.15, 0.2) is 18.2 Å².